The Morgan fingerprint density at radius 2 is 0.828 bits per heavy atom. The van der Waals surface area contributed by atoms with Crippen LogP contribution in [0, 0.1) is 21.7 Å². The molecule has 2 atom stereocenters. The van der Waals surface area contributed by atoms with Gasteiger partial charge in [-0.2, -0.15) is 0 Å². The number of nitrogens with zero attached hydrogens (tertiary/aromatic N) is 6. The highest BCUT2D eigenvalue weighted by Crippen LogP contribution is 2.54. The number of carbonyl (C=O) groups is 4. The van der Waals surface area contributed by atoms with E-state index in [9.17, 15) is 29.4 Å². The third-order valence-corrected chi connectivity index (χ3v) is 26.8. The number of amides is 4. The molecule has 17 nitrogen and oxygen atoms in total. The number of ether oxygens (including phenoxy) is 1. The molecule has 0 saturated carbocycles. The third kappa shape index (κ3) is 18.6. The van der Waals surface area contributed by atoms with Crippen molar-refractivity contribution >= 4 is 34.8 Å². The van der Waals surface area contributed by atoms with Gasteiger partial charge in [0.15, 0.2) is 0 Å². The minimum absolute atomic E-state index is 0.0129. The largest absolute Gasteiger partial charge is 0.508 e. The molecule has 2 unspecified atom stereocenters. The summed E-state index contributed by atoms with van der Waals surface area (Å²) >= 11 is 0. The van der Waals surface area contributed by atoms with Crippen molar-refractivity contribution in [2.75, 3.05) is 112 Å². The number of pyridine rings is 2. The first-order valence-electron chi connectivity index (χ1n) is 43.3. The first kappa shape index (κ1) is 84.1. The lowest BCUT2D eigenvalue weighted by Gasteiger charge is -2.45. The van der Waals surface area contributed by atoms with Crippen LogP contribution in [0.3, 0.4) is 0 Å². The highest BCUT2D eigenvalue weighted by Gasteiger charge is 2.44. The summed E-state index contributed by atoms with van der Waals surface area (Å²) in [7, 11) is 1.71. The number of aromatic nitrogens is 2. The Morgan fingerprint density at radius 1 is 0.397 bits per heavy atom. The van der Waals surface area contributed by atoms with Gasteiger partial charge in [-0.05, 0) is 335 Å². The molecule has 0 bridgehead atoms. The van der Waals surface area contributed by atoms with E-state index in [2.05, 4.69) is 140 Å². The molecule has 2 aromatic heterocycles. The molecule has 4 fully saturated rings. The first-order valence-corrected chi connectivity index (χ1v) is 43.3. The van der Waals surface area contributed by atoms with Crippen LogP contribution in [0.5, 0.6) is 17.2 Å². The number of hydrogen-bond acceptors (Lipinski definition) is 13. The molecule has 8 aliphatic rings. The summed E-state index contributed by atoms with van der Waals surface area (Å²) in [4.78, 5) is 66.9. The number of carbonyl (C=O) groups excluding carboxylic acids is 4. The van der Waals surface area contributed by atoms with E-state index in [0.717, 1.165) is 132 Å². The molecule has 17 heteroatoms. The van der Waals surface area contributed by atoms with Crippen LogP contribution < -0.4 is 26.0 Å². The van der Waals surface area contributed by atoms with Crippen LogP contribution in [0.2, 0.25) is 0 Å². The Morgan fingerprint density at radius 3 is 1.30 bits per heavy atom. The van der Waals surface area contributed by atoms with E-state index in [1.54, 1.807) is 33.9 Å². The van der Waals surface area contributed by atoms with E-state index in [1.165, 1.54) is 94.2 Å². The zero-order valence-corrected chi connectivity index (χ0v) is 70.2. The molecule has 4 aliphatic heterocycles. The van der Waals surface area contributed by atoms with Crippen molar-refractivity contribution in [3.8, 4) is 17.2 Å². The standard InChI is InChI=1S/C25H31N3O2.C25H32N2O2.C25H30N2O2.C24H31N3O/c1-4-28(5-2)24(29)23-9-7-19(17-27-23)22-16-25(10-12-26-13-11-25)15-18-6-8-20(30-3)14-21(18)22;2*1-3-27(4-2)24(29)18-9-10-21(23(28)15-18)22-17-25(11-13-26-14-12-25)16-19-7-5-6-8-20(19)22;1-3-27(4-2)23(28)22-10-9-19(17-26-22)21-16-24(11-13-25-14-12-24)15-18-7-5-6-8-20(18)21/h6-9,14,16-17,26H,4-5,10-13,15H2,1-3H3;5-10,15,22,26,28H,3-4,11-14,16-17H2,1-2H3;5-10,15,17,26,28H,3-4,11-14,16H2,1-2H3;5-10,17,21,25H,3-4,11-16H2,1-2H3. The molecule has 8 aromatic rings. The lowest BCUT2D eigenvalue weighted by Crippen LogP contribution is -2.41. The number of hydrogen-bond donors (Lipinski definition) is 6. The number of rotatable bonds is 17. The smallest absolute Gasteiger partial charge is 0.272 e. The fourth-order valence-electron chi connectivity index (χ4n) is 20.0. The minimum atomic E-state index is -0.0373. The molecule has 16 rings (SSSR count). The fraction of sp³-hybridized carbons (Fsp3) is 0.455. The molecule has 116 heavy (non-hydrogen) atoms. The topological polar surface area (TPSA) is 205 Å². The van der Waals surface area contributed by atoms with Gasteiger partial charge in [-0.1, -0.05) is 109 Å². The molecule has 4 saturated heterocycles. The van der Waals surface area contributed by atoms with E-state index in [-0.39, 0.29) is 51.9 Å². The van der Waals surface area contributed by atoms with Gasteiger partial charge < -0.3 is 55.8 Å². The molecule has 612 valence electrons. The van der Waals surface area contributed by atoms with Crippen molar-refractivity contribution in [2.45, 2.75) is 157 Å². The van der Waals surface area contributed by atoms with Crippen molar-refractivity contribution < 1.29 is 34.1 Å². The molecule has 0 radical (unpaired) electrons. The SMILES string of the molecule is CCN(CC)C(=O)c1ccc(C2=CC3(CCNCC3)Cc3ccc(OC)cc32)cn1.CCN(CC)C(=O)c1ccc(C2=CC3(CCNCC3)Cc3ccccc32)c(O)c1.CCN(CC)C(=O)c1ccc(C2CC3(CCNCC3)Cc3ccccc32)c(O)c1.CCN(CC)C(=O)c1ccc(C2CC3(CCNCC3)Cc3ccccc32)cn1. The van der Waals surface area contributed by atoms with Crippen molar-refractivity contribution in [3.63, 3.8) is 0 Å². The second-order valence-corrected chi connectivity index (χ2v) is 33.5. The van der Waals surface area contributed by atoms with E-state index < -0.39 is 0 Å². The van der Waals surface area contributed by atoms with Gasteiger partial charge in [0.05, 0.1) is 7.11 Å². The van der Waals surface area contributed by atoms with Gasteiger partial charge >= 0.3 is 0 Å². The second kappa shape index (κ2) is 38.1. The summed E-state index contributed by atoms with van der Waals surface area (Å²) in [6, 6.07) is 51.4. The van der Waals surface area contributed by atoms with E-state index in [0.29, 0.717) is 91.6 Å². The van der Waals surface area contributed by atoms with Crippen LogP contribution in [0.4, 0.5) is 0 Å². The van der Waals surface area contributed by atoms with E-state index in [1.807, 2.05) is 115 Å². The summed E-state index contributed by atoms with van der Waals surface area (Å²) in [5, 5.41) is 35.8. The predicted molar refractivity (Wildman–Crippen MR) is 466 cm³/mol. The van der Waals surface area contributed by atoms with Crippen LogP contribution in [-0.4, -0.2) is 175 Å². The lowest BCUT2D eigenvalue weighted by atomic mass is 9.61. The molecule has 4 amide bonds. The van der Waals surface area contributed by atoms with Gasteiger partial charge in [0.25, 0.3) is 23.6 Å². The number of methoxy groups -OCH3 is 1. The number of benzene rings is 6. The zero-order chi connectivity index (χ0) is 81.6. The van der Waals surface area contributed by atoms with Crippen molar-refractivity contribution in [2.24, 2.45) is 21.7 Å². The Bertz CT molecular complexity index is 4780. The van der Waals surface area contributed by atoms with Crippen LogP contribution in [0.1, 0.15) is 240 Å². The number of nitrogens with one attached hydrogen (secondary N) is 4. The van der Waals surface area contributed by atoms with Crippen LogP contribution in [0.25, 0.3) is 11.1 Å². The Hall–Kier alpha value is -9.78. The molecular weight excluding hydrogens is 1440 g/mol. The van der Waals surface area contributed by atoms with Gasteiger partial charge in [0, 0.05) is 104 Å². The van der Waals surface area contributed by atoms with Crippen LogP contribution >= 0.6 is 0 Å². The minimum Gasteiger partial charge on any atom is -0.508 e. The Kier molecular flexibility index (Phi) is 27.6. The monoisotopic (exact) mass is 1560 g/mol. The maximum Gasteiger partial charge on any atom is 0.272 e. The first-order chi connectivity index (χ1) is 56.4. The normalized spacial score (nSPS) is 18.9. The number of allylic oxidation sites excluding steroid dienone is 2. The molecule has 6 N–H and O–H groups in total. The molecule has 4 aliphatic carbocycles. The number of phenols is 2. The maximum atomic E-state index is 12.7. The van der Waals surface area contributed by atoms with Crippen molar-refractivity contribution in [1.82, 2.24) is 50.8 Å². The van der Waals surface area contributed by atoms with Crippen molar-refractivity contribution in [3.05, 3.63) is 265 Å². The summed E-state index contributed by atoms with van der Waals surface area (Å²) in [6.45, 7) is 29.9. The van der Waals surface area contributed by atoms with Crippen LogP contribution in [-0.2, 0) is 25.7 Å². The summed E-state index contributed by atoms with van der Waals surface area (Å²) < 4.78 is 5.50. The van der Waals surface area contributed by atoms with Gasteiger partial charge in [-0.3, -0.25) is 29.1 Å². The average Bonchev–Trinajstić information content (AvgIpc) is 0.766. The van der Waals surface area contributed by atoms with E-state index >= 15 is 0 Å². The van der Waals surface area contributed by atoms with Gasteiger partial charge in [-0.15, -0.1) is 0 Å². The average molecular weight is 1570 g/mol. The Labute approximate surface area is 689 Å². The maximum absolute atomic E-state index is 12.7. The molecular formula is C99H124N10O7. The van der Waals surface area contributed by atoms with Gasteiger partial charge in [0.2, 0.25) is 0 Å². The zero-order valence-electron chi connectivity index (χ0n) is 70.2. The van der Waals surface area contributed by atoms with Crippen molar-refractivity contribution in [1.29, 1.82) is 0 Å². The number of fused-ring (bicyclic) bond motifs is 4. The highest BCUT2D eigenvalue weighted by atomic mass is 16.5. The second-order valence-electron chi connectivity index (χ2n) is 33.5. The quantitative estimate of drug-likeness (QED) is 0.0503. The van der Waals surface area contributed by atoms with Gasteiger partial charge in [0.1, 0.15) is 28.6 Å². The van der Waals surface area contributed by atoms with Gasteiger partial charge in [-0.25, -0.2) is 0 Å². The fourth-order valence-corrected chi connectivity index (χ4v) is 20.0. The Balaban J connectivity index is 0.000000135. The lowest BCUT2D eigenvalue weighted by molar-refractivity contribution is 0.0759. The number of aromatic hydroxyl groups is 2. The summed E-state index contributed by atoms with van der Waals surface area (Å²) in [5.74, 6) is 1.78. The summed E-state index contributed by atoms with van der Waals surface area (Å²) in [5.41, 5.74) is 20.3. The number of piperidine rings is 4. The third-order valence-electron chi connectivity index (χ3n) is 26.8. The highest BCUT2D eigenvalue weighted by molar-refractivity contribution is 5.97. The summed E-state index contributed by atoms with van der Waals surface area (Å²) in [6.07, 6.45) is 24.6. The van der Waals surface area contributed by atoms with E-state index in [4.69, 9.17) is 4.74 Å². The number of phenolic OH excluding ortho intramolecular Hbond substituents is 2. The molecule has 6 aromatic carbocycles. The molecule has 6 heterocycles. The van der Waals surface area contributed by atoms with Crippen LogP contribution in [0.15, 0.2) is 176 Å². The predicted octanol–water partition coefficient (Wildman–Crippen LogP) is 16.5. The molecule has 4 spiro atoms.